The van der Waals surface area contributed by atoms with Gasteiger partial charge in [0.25, 0.3) is 0 Å². The Bertz CT molecular complexity index is 689. The molecule has 3 fully saturated rings. The number of morpholine rings is 1. The van der Waals surface area contributed by atoms with Crippen LogP contribution in [0.3, 0.4) is 0 Å². The average molecular weight is 389 g/mol. The summed E-state index contributed by atoms with van der Waals surface area (Å²) in [7, 11) is 0. The molecule has 1 aliphatic carbocycles. The van der Waals surface area contributed by atoms with Gasteiger partial charge in [-0.2, -0.15) is 0 Å². The van der Waals surface area contributed by atoms with Gasteiger partial charge in [0.1, 0.15) is 5.75 Å². The number of rotatable bonds is 5. The van der Waals surface area contributed by atoms with Crippen molar-refractivity contribution in [1.29, 1.82) is 0 Å². The Kier molecular flexibility index (Phi) is 6.07. The highest BCUT2D eigenvalue weighted by atomic mass is 16.5. The second-order valence-corrected chi connectivity index (χ2v) is 8.06. The number of amides is 1. The minimum absolute atomic E-state index is 0.0449. The first-order valence-corrected chi connectivity index (χ1v) is 10.7. The van der Waals surface area contributed by atoms with Gasteiger partial charge in [0, 0.05) is 49.3 Å². The van der Waals surface area contributed by atoms with Crippen molar-refractivity contribution in [3.63, 3.8) is 0 Å². The van der Waals surface area contributed by atoms with E-state index in [1.54, 1.807) is 6.92 Å². The van der Waals surface area contributed by atoms with Crippen LogP contribution in [0, 0.1) is 5.92 Å². The van der Waals surface area contributed by atoms with E-state index in [9.17, 15) is 4.79 Å². The second-order valence-electron chi connectivity index (χ2n) is 8.06. The quantitative estimate of drug-likeness (QED) is 0.840. The zero-order valence-corrected chi connectivity index (χ0v) is 17.0. The van der Waals surface area contributed by atoms with Crippen molar-refractivity contribution >= 4 is 11.6 Å². The largest absolute Gasteiger partial charge is 0.493 e. The summed E-state index contributed by atoms with van der Waals surface area (Å²) in [6.45, 7) is 7.57. The van der Waals surface area contributed by atoms with Gasteiger partial charge in [-0.1, -0.05) is 12.5 Å². The lowest BCUT2D eigenvalue weighted by molar-refractivity contribution is -0.124. The summed E-state index contributed by atoms with van der Waals surface area (Å²) in [6.07, 6.45) is 4.37. The molecule has 1 N–H and O–H groups in total. The standard InChI is InChI=1S/C22H32N2O4/c1-3-27-21-13-16(24-9-11-26-12-10-24)7-8-18(21)22-14-19(23-15(2)25)17-5-4-6-20(17)28-22/h7-8,13,17,19-20,22H,3-6,9-12,14H2,1-2H3,(H,23,25)/t17-,19+,20+,22+/m0/s1. The average Bonchev–Trinajstić information content (AvgIpc) is 3.17. The topological polar surface area (TPSA) is 60.0 Å². The summed E-state index contributed by atoms with van der Waals surface area (Å²) in [6, 6.07) is 6.64. The summed E-state index contributed by atoms with van der Waals surface area (Å²) >= 11 is 0. The molecule has 28 heavy (non-hydrogen) atoms. The summed E-state index contributed by atoms with van der Waals surface area (Å²) < 4.78 is 18.0. The fourth-order valence-corrected chi connectivity index (χ4v) is 4.97. The molecule has 2 saturated heterocycles. The monoisotopic (exact) mass is 388 g/mol. The van der Waals surface area contributed by atoms with E-state index in [0.717, 1.165) is 56.9 Å². The lowest BCUT2D eigenvalue weighted by atomic mass is 9.86. The predicted molar refractivity (Wildman–Crippen MR) is 108 cm³/mol. The molecular weight excluding hydrogens is 356 g/mol. The minimum atomic E-state index is -0.0449. The van der Waals surface area contributed by atoms with Crippen LogP contribution < -0.4 is 15.0 Å². The van der Waals surface area contributed by atoms with Gasteiger partial charge in [-0.05, 0) is 32.3 Å². The van der Waals surface area contributed by atoms with Crippen molar-refractivity contribution in [2.24, 2.45) is 5.92 Å². The highest BCUT2D eigenvalue weighted by Crippen LogP contribution is 2.45. The lowest BCUT2D eigenvalue weighted by Crippen LogP contribution is -2.47. The predicted octanol–water partition coefficient (Wildman–Crippen LogP) is 3.06. The van der Waals surface area contributed by atoms with E-state index in [2.05, 4.69) is 28.4 Å². The van der Waals surface area contributed by atoms with Crippen molar-refractivity contribution in [2.75, 3.05) is 37.8 Å². The third-order valence-electron chi connectivity index (χ3n) is 6.24. The summed E-state index contributed by atoms with van der Waals surface area (Å²) in [4.78, 5) is 14.1. The van der Waals surface area contributed by atoms with E-state index < -0.39 is 0 Å². The first-order valence-electron chi connectivity index (χ1n) is 10.7. The van der Waals surface area contributed by atoms with Gasteiger partial charge in [0.15, 0.2) is 0 Å². The van der Waals surface area contributed by atoms with Gasteiger partial charge in [0.2, 0.25) is 5.91 Å². The van der Waals surface area contributed by atoms with Crippen LogP contribution in [0.1, 0.15) is 51.2 Å². The Morgan fingerprint density at radius 3 is 2.86 bits per heavy atom. The zero-order valence-electron chi connectivity index (χ0n) is 17.0. The van der Waals surface area contributed by atoms with Crippen LogP contribution >= 0.6 is 0 Å². The van der Waals surface area contributed by atoms with E-state index >= 15 is 0 Å². The molecule has 1 aromatic carbocycles. The van der Waals surface area contributed by atoms with E-state index in [0.29, 0.717) is 12.5 Å². The Balaban J connectivity index is 1.58. The number of nitrogens with zero attached hydrogens (tertiary/aromatic N) is 1. The van der Waals surface area contributed by atoms with Crippen LogP contribution in [0.4, 0.5) is 5.69 Å². The molecule has 3 aliphatic rings. The molecule has 1 amide bonds. The summed E-state index contributed by atoms with van der Waals surface area (Å²) in [5, 5.41) is 3.19. The van der Waals surface area contributed by atoms with E-state index in [1.165, 1.54) is 12.1 Å². The smallest absolute Gasteiger partial charge is 0.217 e. The molecule has 6 heteroatoms. The summed E-state index contributed by atoms with van der Waals surface area (Å²) in [5.74, 6) is 1.38. The molecular formula is C22H32N2O4. The fourth-order valence-electron chi connectivity index (χ4n) is 4.97. The number of nitrogens with one attached hydrogen (secondary N) is 1. The zero-order chi connectivity index (χ0) is 19.5. The van der Waals surface area contributed by atoms with Crippen molar-refractivity contribution in [1.82, 2.24) is 5.32 Å². The van der Waals surface area contributed by atoms with Crippen LogP contribution in [0.25, 0.3) is 0 Å². The number of hydrogen-bond donors (Lipinski definition) is 1. The number of fused-ring (bicyclic) bond motifs is 1. The van der Waals surface area contributed by atoms with Gasteiger partial charge in [0.05, 0.1) is 32.0 Å². The minimum Gasteiger partial charge on any atom is -0.493 e. The number of benzene rings is 1. The molecule has 2 aliphatic heterocycles. The third kappa shape index (κ3) is 4.13. The highest BCUT2D eigenvalue weighted by Gasteiger charge is 2.42. The van der Waals surface area contributed by atoms with E-state index in [-0.39, 0.29) is 24.2 Å². The van der Waals surface area contributed by atoms with Gasteiger partial charge in [-0.15, -0.1) is 0 Å². The normalized spacial score (nSPS) is 30.0. The Hall–Kier alpha value is -1.79. The highest BCUT2D eigenvalue weighted by molar-refractivity contribution is 5.73. The maximum Gasteiger partial charge on any atom is 0.217 e. The molecule has 0 spiro atoms. The molecule has 0 bridgehead atoms. The third-order valence-corrected chi connectivity index (χ3v) is 6.24. The van der Waals surface area contributed by atoms with Gasteiger partial charge in [-0.3, -0.25) is 4.79 Å². The van der Waals surface area contributed by atoms with Crippen molar-refractivity contribution < 1.29 is 19.0 Å². The SMILES string of the molecule is CCOc1cc(N2CCOCC2)ccc1[C@H]1C[C@@H](NC(C)=O)[C@@H]2CCC[C@H]2O1. The first-order chi connectivity index (χ1) is 13.7. The number of ether oxygens (including phenoxy) is 3. The Labute approximate surface area is 167 Å². The van der Waals surface area contributed by atoms with Gasteiger partial charge in [-0.25, -0.2) is 0 Å². The first kappa shape index (κ1) is 19.5. The Morgan fingerprint density at radius 1 is 1.29 bits per heavy atom. The van der Waals surface area contributed by atoms with Gasteiger partial charge >= 0.3 is 0 Å². The molecule has 0 aromatic heterocycles. The van der Waals surface area contributed by atoms with E-state index in [4.69, 9.17) is 14.2 Å². The lowest BCUT2D eigenvalue weighted by Gasteiger charge is -2.40. The number of hydrogen-bond acceptors (Lipinski definition) is 5. The number of anilines is 1. The molecule has 1 aromatic rings. The summed E-state index contributed by atoms with van der Waals surface area (Å²) in [5.41, 5.74) is 2.27. The van der Waals surface area contributed by atoms with Crippen LogP contribution in [0.2, 0.25) is 0 Å². The van der Waals surface area contributed by atoms with Crippen molar-refractivity contribution in [2.45, 2.75) is 57.8 Å². The molecule has 0 radical (unpaired) electrons. The maximum absolute atomic E-state index is 11.7. The molecule has 2 heterocycles. The molecule has 4 rings (SSSR count). The molecule has 154 valence electrons. The fraction of sp³-hybridized carbons (Fsp3) is 0.682. The number of carbonyl (C=O) groups is 1. The van der Waals surface area contributed by atoms with Crippen molar-refractivity contribution in [3.8, 4) is 5.75 Å². The van der Waals surface area contributed by atoms with Gasteiger partial charge < -0.3 is 24.4 Å². The van der Waals surface area contributed by atoms with Crippen LogP contribution in [-0.2, 0) is 14.3 Å². The molecule has 6 nitrogen and oxygen atoms in total. The molecule has 1 saturated carbocycles. The number of carbonyl (C=O) groups excluding carboxylic acids is 1. The Morgan fingerprint density at radius 2 is 2.11 bits per heavy atom. The van der Waals surface area contributed by atoms with Crippen LogP contribution in [0.5, 0.6) is 5.75 Å². The molecule has 0 unspecified atom stereocenters. The molecule has 4 atom stereocenters. The second kappa shape index (κ2) is 8.70. The van der Waals surface area contributed by atoms with Crippen LogP contribution in [0.15, 0.2) is 18.2 Å². The van der Waals surface area contributed by atoms with Crippen LogP contribution in [-0.4, -0.2) is 51.0 Å². The van der Waals surface area contributed by atoms with Crippen molar-refractivity contribution in [3.05, 3.63) is 23.8 Å². The maximum atomic E-state index is 11.7. The van der Waals surface area contributed by atoms with E-state index in [1.807, 2.05) is 6.92 Å².